The van der Waals surface area contributed by atoms with E-state index in [1.165, 1.54) is 12.2 Å². The maximum absolute atomic E-state index is 12.1. The topological polar surface area (TPSA) is 60.2 Å². The molecule has 0 bridgehead atoms. The SMILES string of the molecule is COC(=O)N=C1C=CC(Br)=N[C@@H]1OC(F)(F)F. The zero-order valence-electron chi connectivity index (χ0n) is 8.36. The fraction of sp³-hybridized carbons (Fsp3) is 0.375. The van der Waals surface area contributed by atoms with Crippen molar-refractivity contribution in [1.82, 2.24) is 0 Å². The van der Waals surface area contributed by atoms with E-state index in [1.807, 2.05) is 0 Å². The van der Waals surface area contributed by atoms with E-state index in [0.29, 0.717) is 0 Å². The third-order valence-electron chi connectivity index (χ3n) is 1.53. The molecule has 0 fully saturated rings. The van der Waals surface area contributed by atoms with E-state index in [4.69, 9.17) is 0 Å². The summed E-state index contributed by atoms with van der Waals surface area (Å²) in [5.74, 6) is 0. The van der Waals surface area contributed by atoms with Gasteiger partial charge in [0.15, 0.2) is 0 Å². The molecule has 1 aliphatic heterocycles. The van der Waals surface area contributed by atoms with E-state index < -0.39 is 18.7 Å². The number of carbonyl (C=O) groups excluding carboxylic acids is 1. The van der Waals surface area contributed by atoms with E-state index >= 15 is 0 Å². The summed E-state index contributed by atoms with van der Waals surface area (Å²) in [5.41, 5.74) is -0.294. The minimum atomic E-state index is -4.89. The normalized spacial score (nSPS) is 22.5. The number of alkyl halides is 3. The van der Waals surface area contributed by atoms with Crippen molar-refractivity contribution in [3.05, 3.63) is 12.2 Å². The number of aliphatic imine (C=N–C) groups is 2. The van der Waals surface area contributed by atoms with Crippen molar-refractivity contribution in [3.63, 3.8) is 0 Å². The molecule has 0 aromatic rings. The summed E-state index contributed by atoms with van der Waals surface area (Å²) in [6.45, 7) is 0. The molecule has 0 saturated carbocycles. The fourth-order valence-electron chi connectivity index (χ4n) is 0.914. The number of ether oxygens (including phenoxy) is 2. The van der Waals surface area contributed by atoms with E-state index in [1.54, 1.807) is 0 Å². The van der Waals surface area contributed by atoms with Crippen LogP contribution in [0.4, 0.5) is 18.0 Å². The number of hydrogen-bond acceptors (Lipinski definition) is 4. The van der Waals surface area contributed by atoms with Crippen molar-refractivity contribution in [1.29, 1.82) is 0 Å². The van der Waals surface area contributed by atoms with E-state index in [0.717, 1.165) is 7.11 Å². The first-order valence-corrected chi connectivity index (χ1v) is 4.93. The number of halogens is 4. The maximum atomic E-state index is 12.1. The molecule has 0 N–H and O–H groups in total. The van der Waals surface area contributed by atoms with Crippen LogP contribution in [0, 0.1) is 0 Å². The number of methoxy groups -OCH3 is 1. The number of amides is 1. The van der Waals surface area contributed by atoms with Crippen molar-refractivity contribution in [3.8, 4) is 0 Å². The Hall–Kier alpha value is -1.22. The van der Waals surface area contributed by atoms with Crippen LogP contribution in [0.5, 0.6) is 0 Å². The highest BCUT2D eigenvalue weighted by molar-refractivity contribution is 9.18. The first-order valence-electron chi connectivity index (χ1n) is 4.14. The predicted octanol–water partition coefficient (Wildman–Crippen LogP) is 2.42. The zero-order chi connectivity index (χ0) is 13.1. The van der Waals surface area contributed by atoms with Crippen LogP contribution in [-0.2, 0) is 9.47 Å². The molecule has 9 heteroatoms. The summed E-state index contributed by atoms with van der Waals surface area (Å²) < 4.78 is 44.2. The van der Waals surface area contributed by atoms with Crippen LogP contribution in [0.15, 0.2) is 22.1 Å². The highest BCUT2D eigenvalue weighted by Crippen LogP contribution is 2.22. The molecule has 0 aromatic heterocycles. The molecule has 0 saturated heterocycles. The van der Waals surface area contributed by atoms with Gasteiger partial charge in [0.1, 0.15) is 4.62 Å². The average Bonchev–Trinajstić information content (AvgIpc) is 2.19. The summed E-state index contributed by atoms with van der Waals surface area (Å²) in [5, 5.41) is 0. The third-order valence-corrected chi connectivity index (χ3v) is 1.99. The standard InChI is InChI=1S/C8H6BrF3N2O3/c1-16-7(15)13-4-2-3-5(9)14-6(4)17-8(10,11)12/h2-3,6H,1H3/t6-/m1/s1. The van der Waals surface area contributed by atoms with Gasteiger partial charge in [-0.25, -0.2) is 9.79 Å². The van der Waals surface area contributed by atoms with Gasteiger partial charge < -0.3 is 4.74 Å². The molecule has 0 spiro atoms. The zero-order valence-corrected chi connectivity index (χ0v) is 9.95. The Morgan fingerprint density at radius 1 is 1.53 bits per heavy atom. The van der Waals surface area contributed by atoms with Gasteiger partial charge in [0.05, 0.1) is 12.8 Å². The van der Waals surface area contributed by atoms with E-state index in [-0.39, 0.29) is 10.3 Å². The smallest absolute Gasteiger partial charge is 0.451 e. The molecule has 94 valence electrons. The average molecular weight is 315 g/mol. The maximum Gasteiger partial charge on any atom is 0.524 e. The lowest BCUT2D eigenvalue weighted by Crippen LogP contribution is -2.31. The summed E-state index contributed by atoms with van der Waals surface area (Å²) in [4.78, 5) is 17.6. The first-order chi connectivity index (χ1) is 7.81. The number of dihydropyridines is 1. The van der Waals surface area contributed by atoms with Crippen LogP contribution < -0.4 is 0 Å². The Bertz CT molecular complexity index is 403. The van der Waals surface area contributed by atoms with Gasteiger partial charge in [-0.1, -0.05) is 0 Å². The number of rotatable bonds is 1. The molecule has 17 heavy (non-hydrogen) atoms. The number of allylic oxidation sites excluding steroid dienone is 1. The van der Waals surface area contributed by atoms with Crippen LogP contribution in [-0.4, -0.2) is 36.1 Å². The molecular weight excluding hydrogens is 309 g/mol. The van der Waals surface area contributed by atoms with Gasteiger partial charge in [0.2, 0.25) is 6.23 Å². The Kier molecular flexibility index (Phi) is 4.40. The van der Waals surface area contributed by atoms with Gasteiger partial charge in [0.25, 0.3) is 0 Å². The predicted molar refractivity (Wildman–Crippen MR) is 56.3 cm³/mol. The van der Waals surface area contributed by atoms with Crippen molar-refractivity contribution in [2.24, 2.45) is 9.98 Å². The van der Waals surface area contributed by atoms with Gasteiger partial charge in [-0.3, -0.25) is 4.74 Å². The van der Waals surface area contributed by atoms with Crippen LogP contribution in [0.1, 0.15) is 0 Å². The second-order valence-electron chi connectivity index (χ2n) is 2.71. The molecule has 0 aromatic carbocycles. The molecule has 5 nitrogen and oxygen atoms in total. The number of nitrogens with zero attached hydrogens (tertiary/aromatic N) is 2. The Labute approximate surface area is 102 Å². The summed E-state index contributed by atoms with van der Waals surface area (Å²) in [7, 11) is 1.05. The van der Waals surface area contributed by atoms with E-state index in [2.05, 4.69) is 35.4 Å². The van der Waals surface area contributed by atoms with Crippen molar-refractivity contribution in [2.45, 2.75) is 12.6 Å². The van der Waals surface area contributed by atoms with Crippen LogP contribution in [0.3, 0.4) is 0 Å². The monoisotopic (exact) mass is 314 g/mol. The summed E-state index contributed by atoms with van der Waals surface area (Å²) >= 11 is 2.89. The van der Waals surface area contributed by atoms with Gasteiger partial charge in [-0.2, -0.15) is 4.99 Å². The van der Waals surface area contributed by atoms with Gasteiger partial charge >= 0.3 is 12.5 Å². The molecule has 0 aliphatic carbocycles. The molecule has 0 radical (unpaired) electrons. The first kappa shape index (κ1) is 13.8. The summed E-state index contributed by atoms with van der Waals surface area (Å²) in [6, 6.07) is 0. The largest absolute Gasteiger partial charge is 0.524 e. The quantitative estimate of drug-likeness (QED) is 0.746. The lowest BCUT2D eigenvalue weighted by Gasteiger charge is -2.18. The van der Waals surface area contributed by atoms with Crippen molar-refractivity contribution >= 4 is 32.4 Å². The molecule has 1 rings (SSSR count). The van der Waals surface area contributed by atoms with Crippen molar-refractivity contribution < 1.29 is 27.4 Å². The molecule has 1 aliphatic rings. The lowest BCUT2D eigenvalue weighted by atomic mass is 10.2. The van der Waals surface area contributed by atoms with Gasteiger partial charge in [-0.05, 0) is 28.1 Å². The van der Waals surface area contributed by atoms with Crippen LogP contribution >= 0.6 is 15.9 Å². The second-order valence-corrected chi connectivity index (χ2v) is 3.52. The minimum Gasteiger partial charge on any atom is -0.451 e. The molecular formula is C8H6BrF3N2O3. The molecule has 1 heterocycles. The number of hydrogen-bond donors (Lipinski definition) is 0. The Morgan fingerprint density at radius 2 is 2.18 bits per heavy atom. The van der Waals surface area contributed by atoms with Gasteiger partial charge in [0, 0.05) is 0 Å². The molecule has 0 unspecified atom stereocenters. The second kappa shape index (κ2) is 5.41. The summed E-state index contributed by atoms with van der Waals surface area (Å²) in [6.07, 6.45) is -5.14. The fourth-order valence-corrected chi connectivity index (χ4v) is 1.23. The third kappa shape index (κ3) is 4.65. The number of carbonyl (C=O) groups is 1. The Morgan fingerprint density at radius 3 is 2.71 bits per heavy atom. The van der Waals surface area contributed by atoms with E-state index in [9.17, 15) is 18.0 Å². The molecule has 1 amide bonds. The van der Waals surface area contributed by atoms with Gasteiger partial charge in [-0.15, -0.1) is 13.2 Å². The lowest BCUT2D eigenvalue weighted by molar-refractivity contribution is -0.332. The Balaban J connectivity index is 2.92. The molecule has 1 atom stereocenters. The highest BCUT2D eigenvalue weighted by Gasteiger charge is 2.36. The minimum absolute atomic E-state index is 0.149. The van der Waals surface area contributed by atoms with Crippen LogP contribution in [0.2, 0.25) is 0 Å². The highest BCUT2D eigenvalue weighted by atomic mass is 79.9. The van der Waals surface area contributed by atoms with Crippen LogP contribution in [0.25, 0.3) is 0 Å². The van der Waals surface area contributed by atoms with Crippen molar-refractivity contribution in [2.75, 3.05) is 7.11 Å².